The topological polar surface area (TPSA) is 139 Å². The molecule has 0 saturated heterocycles. The van der Waals surface area contributed by atoms with Gasteiger partial charge in [0, 0.05) is 35.4 Å². The molecule has 0 radical (unpaired) electrons. The zero-order valence-corrected chi connectivity index (χ0v) is 19.1. The summed E-state index contributed by atoms with van der Waals surface area (Å²) in [5.74, 6) is -0.730. The second kappa shape index (κ2) is 10.9. The fourth-order valence-electron chi connectivity index (χ4n) is 3.43. The fourth-order valence-corrected chi connectivity index (χ4v) is 3.43. The first-order valence-corrected chi connectivity index (χ1v) is 10.9. The first kappa shape index (κ1) is 24.7. The molecule has 0 amide bonds. The van der Waals surface area contributed by atoms with Gasteiger partial charge < -0.3 is 9.47 Å². The Labute approximate surface area is 210 Å². The molecule has 0 aliphatic rings. The molecule has 0 bridgehead atoms. The third-order valence-electron chi connectivity index (χ3n) is 5.28. The van der Waals surface area contributed by atoms with E-state index in [2.05, 4.69) is 0 Å². The molecular formula is C27H18N2O8. The number of esters is 1. The van der Waals surface area contributed by atoms with Crippen molar-refractivity contribution in [1.29, 1.82) is 0 Å². The highest BCUT2D eigenvalue weighted by Crippen LogP contribution is 2.28. The van der Waals surface area contributed by atoms with E-state index in [-0.39, 0.29) is 28.3 Å². The molecule has 4 aromatic rings. The lowest BCUT2D eigenvalue weighted by Crippen LogP contribution is -2.20. The molecule has 0 unspecified atom stereocenters. The lowest BCUT2D eigenvalue weighted by Gasteiger charge is -2.18. The highest BCUT2D eigenvalue weighted by molar-refractivity contribution is 6.02. The Morgan fingerprint density at radius 1 is 0.649 bits per heavy atom. The molecule has 0 N–H and O–H groups in total. The molecule has 184 valence electrons. The highest BCUT2D eigenvalue weighted by Gasteiger charge is 2.27. The number of non-ortho nitro benzene ring substituents is 2. The van der Waals surface area contributed by atoms with Crippen LogP contribution in [0.3, 0.4) is 0 Å². The Bertz CT molecular complexity index is 1450. The van der Waals surface area contributed by atoms with E-state index in [1.54, 1.807) is 42.5 Å². The van der Waals surface area contributed by atoms with Gasteiger partial charge in [-0.15, -0.1) is 0 Å². The summed E-state index contributed by atoms with van der Waals surface area (Å²) in [6, 6.07) is 24.9. The Kier molecular flexibility index (Phi) is 7.29. The smallest absolute Gasteiger partial charge is 0.339 e. The van der Waals surface area contributed by atoms with E-state index in [0.717, 1.165) is 0 Å². The van der Waals surface area contributed by atoms with Crippen LogP contribution in [0.1, 0.15) is 32.4 Å². The van der Waals surface area contributed by atoms with Crippen LogP contribution in [0, 0.1) is 20.2 Å². The maximum Gasteiger partial charge on any atom is 0.339 e. The van der Waals surface area contributed by atoms with Crippen LogP contribution >= 0.6 is 0 Å². The number of nitro benzene ring substituents is 2. The zero-order chi connectivity index (χ0) is 26.4. The monoisotopic (exact) mass is 498 g/mol. The Morgan fingerprint density at radius 3 is 1.81 bits per heavy atom. The molecule has 0 spiro atoms. The van der Waals surface area contributed by atoms with E-state index in [9.17, 15) is 29.8 Å². The average molecular weight is 498 g/mol. The van der Waals surface area contributed by atoms with Crippen LogP contribution in [0.25, 0.3) is 0 Å². The van der Waals surface area contributed by atoms with Crippen molar-refractivity contribution in [1.82, 2.24) is 0 Å². The minimum Gasteiger partial charge on any atom is -0.457 e. The van der Waals surface area contributed by atoms with Crippen molar-refractivity contribution in [2.75, 3.05) is 0 Å². The van der Waals surface area contributed by atoms with Gasteiger partial charge in [0.25, 0.3) is 11.4 Å². The van der Waals surface area contributed by atoms with Crippen LogP contribution in [-0.2, 0) is 4.74 Å². The normalized spacial score (nSPS) is 11.2. The van der Waals surface area contributed by atoms with E-state index in [4.69, 9.17) is 9.47 Å². The number of ketones is 1. The number of ether oxygens (including phenoxy) is 2. The third kappa shape index (κ3) is 6.01. The lowest BCUT2D eigenvalue weighted by molar-refractivity contribution is -0.385. The molecule has 0 saturated carbocycles. The van der Waals surface area contributed by atoms with Crippen molar-refractivity contribution in [3.05, 3.63) is 140 Å². The quantitative estimate of drug-likeness (QED) is 0.117. The van der Waals surface area contributed by atoms with Gasteiger partial charge >= 0.3 is 5.97 Å². The summed E-state index contributed by atoms with van der Waals surface area (Å²) >= 11 is 0. The van der Waals surface area contributed by atoms with E-state index in [0.29, 0.717) is 11.3 Å². The van der Waals surface area contributed by atoms with Crippen molar-refractivity contribution in [3.63, 3.8) is 0 Å². The molecule has 10 nitrogen and oxygen atoms in total. The van der Waals surface area contributed by atoms with Gasteiger partial charge in [0.2, 0.25) is 5.78 Å². The van der Waals surface area contributed by atoms with Crippen molar-refractivity contribution in [3.8, 4) is 11.5 Å². The summed E-state index contributed by atoms with van der Waals surface area (Å²) in [5.41, 5.74) is 0.398. The van der Waals surface area contributed by atoms with Gasteiger partial charge in [-0.2, -0.15) is 0 Å². The lowest BCUT2D eigenvalue weighted by atomic mass is 9.99. The fraction of sp³-hybridized carbons (Fsp3) is 0.0370. The Hall–Kier alpha value is -5.38. The molecule has 37 heavy (non-hydrogen) atoms. The van der Waals surface area contributed by atoms with Crippen molar-refractivity contribution < 1.29 is 28.9 Å². The van der Waals surface area contributed by atoms with Gasteiger partial charge in [0.05, 0.1) is 15.4 Å². The number of rotatable bonds is 9. The summed E-state index contributed by atoms with van der Waals surface area (Å²) in [6.45, 7) is 0. The van der Waals surface area contributed by atoms with Crippen LogP contribution < -0.4 is 4.74 Å². The minimum atomic E-state index is -1.35. The van der Waals surface area contributed by atoms with Gasteiger partial charge in [-0.3, -0.25) is 25.0 Å². The van der Waals surface area contributed by atoms with Gasteiger partial charge in [0.15, 0.2) is 6.10 Å². The molecule has 4 aromatic carbocycles. The predicted molar refractivity (Wildman–Crippen MR) is 132 cm³/mol. The second-order valence-electron chi connectivity index (χ2n) is 7.75. The molecule has 0 aliphatic heterocycles. The molecule has 1 atom stereocenters. The van der Waals surface area contributed by atoms with Crippen LogP contribution in [-0.4, -0.2) is 21.6 Å². The van der Waals surface area contributed by atoms with Gasteiger partial charge in [-0.1, -0.05) is 36.4 Å². The van der Waals surface area contributed by atoms with E-state index in [1.807, 2.05) is 0 Å². The van der Waals surface area contributed by atoms with Crippen molar-refractivity contribution >= 4 is 23.1 Å². The van der Waals surface area contributed by atoms with E-state index >= 15 is 0 Å². The number of nitro groups is 2. The zero-order valence-electron chi connectivity index (χ0n) is 19.1. The van der Waals surface area contributed by atoms with Crippen LogP contribution in [0.5, 0.6) is 11.5 Å². The number of hydrogen-bond donors (Lipinski definition) is 0. The average Bonchev–Trinajstić information content (AvgIpc) is 2.92. The number of Topliss-reactive ketones (excluding diaryl/α,β-unsaturated/α-hetero) is 1. The Morgan fingerprint density at radius 2 is 1.22 bits per heavy atom. The van der Waals surface area contributed by atoms with Crippen LogP contribution in [0.15, 0.2) is 103 Å². The van der Waals surface area contributed by atoms with Crippen molar-refractivity contribution in [2.45, 2.75) is 6.10 Å². The number of hydrogen-bond acceptors (Lipinski definition) is 8. The molecule has 10 heteroatoms. The van der Waals surface area contributed by atoms with Gasteiger partial charge in [0.1, 0.15) is 11.5 Å². The summed E-state index contributed by atoms with van der Waals surface area (Å²) in [4.78, 5) is 47.0. The molecule has 0 aliphatic carbocycles. The predicted octanol–water partition coefficient (Wildman–Crippen LogP) is 6.08. The first-order chi connectivity index (χ1) is 17.8. The highest BCUT2D eigenvalue weighted by atomic mass is 16.6. The first-order valence-electron chi connectivity index (χ1n) is 10.9. The molecule has 4 rings (SSSR count). The minimum absolute atomic E-state index is 0.0900. The molecular weight excluding hydrogens is 480 g/mol. The van der Waals surface area contributed by atoms with E-state index < -0.39 is 27.7 Å². The van der Waals surface area contributed by atoms with Crippen LogP contribution in [0.4, 0.5) is 11.4 Å². The van der Waals surface area contributed by atoms with Crippen LogP contribution in [0.2, 0.25) is 0 Å². The summed E-state index contributed by atoms with van der Waals surface area (Å²) in [5, 5.41) is 21.8. The van der Waals surface area contributed by atoms with Gasteiger partial charge in [-0.05, 0) is 42.5 Å². The summed E-state index contributed by atoms with van der Waals surface area (Å²) in [7, 11) is 0. The van der Waals surface area contributed by atoms with Crippen molar-refractivity contribution in [2.24, 2.45) is 0 Å². The number of carbonyl (C=O) groups excluding carboxylic acids is 2. The van der Waals surface area contributed by atoms with Gasteiger partial charge in [-0.25, -0.2) is 4.79 Å². The number of carbonyl (C=O) groups is 2. The number of benzene rings is 4. The SMILES string of the molecule is O=C(O[C@@H](C(=O)c1ccccc1)c1ccc([N+](=O)[O-])cc1)c1cccc(Oc2ccc([N+](=O)[O-])cc2)c1. The van der Waals surface area contributed by atoms with E-state index in [1.165, 1.54) is 60.7 Å². The molecule has 0 fully saturated rings. The Balaban J connectivity index is 1.58. The maximum atomic E-state index is 13.2. The molecule has 0 heterocycles. The number of nitrogens with zero attached hydrogens (tertiary/aromatic N) is 2. The standard InChI is InChI=1S/C27H18N2O8/c30-25(18-5-2-1-3-6-18)26(19-9-11-21(12-10-19)28(32)33)37-27(31)20-7-4-8-24(17-20)36-23-15-13-22(14-16-23)29(34)35/h1-17,26H/t26-/m1/s1. The summed E-state index contributed by atoms with van der Waals surface area (Å²) < 4.78 is 11.3. The largest absolute Gasteiger partial charge is 0.457 e. The molecule has 0 aromatic heterocycles. The maximum absolute atomic E-state index is 13.2. The third-order valence-corrected chi connectivity index (χ3v) is 5.28. The second-order valence-corrected chi connectivity index (χ2v) is 7.75. The summed E-state index contributed by atoms with van der Waals surface area (Å²) in [6.07, 6.45) is -1.35.